The van der Waals surface area contributed by atoms with Gasteiger partial charge in [0.15, 0.2) is 11.5 Å². The minimum Gasteiger partial charge on any atom is -0.486 e. The first kappa shape index (κ1) is 20.6. The standard InChI is InChI=1S/C17H20N2O7S3/c20-28(21,14-2-3-15-16(11-14)26-10-9-25-15)18-12-13-1-4-17(27-13)29(22,23)19-5-7-24-8-6-19/h1-4,11,18H,5-10,12H2. The summed E-state index contributed by atoms with van der Waals surface area (Å²) in [5.74, 6) is 0.889. The Morgan fingerprint density at radius 1 is 0.931 bits per heavy atom. The summed E-state index contributed by atoms with van der Waals surface area (Å²) >= 11 is 1.05. The van der Waals surface area contributed by atoms with Crippen molar-refractivity contribution in [3.63, 3.8) is 0 Å². The van der Waals surface area contributed by atoms with Crippen LogP contribution in [0.5, 0.6) is 11.5 Å². The molecule has 9 nitrogen and oxygen atoms in total. The van der Waals surface area contributed by atoms with Crippen LogP contribution in [0.4, 0.5) is 0 Å². The van der Waals surface area contributed by atoms with E-state index in [-0.39, 0.29) is 15.6 Å². The zero-order valence-electron chi connectivity index (χ0n) is 15.4. The van der Waals surface area contributed by atoms with Crippen molar-refractivity contribution >= 4 is 31.4 Å². The number of hydrogen-bond donors (Lipinski definition) is 1. The van der Waals surface area contributed by atoms with Crippen LogP contribution in [0.25, 0.3) is 0 Å². The molecule has 2 aliphatic heterocycles. The van der Waals surface area contributed by atoms with Gasteiger partial charge in [-0.1, -0.05) is 0 Å². The Morgan fingerprint density at radius 2 is 1.66 bits per heavy atom. The summed E-state index contributed by atoms with van der Waals surface area (Å²) in [6.07, 6.45) is 0. The normalized spacial score (nSPS) is 17.9. The molecule has 2 aliphatic rings. The third-order valence-corrected chi connectivity index (χ3v) is 9.31. The highest BCUT2D eigenvalue weighted by Gasteiger charge is 2.28. The first-order valence-corrected chi connectivity index (χ1v) is 12.7. The van der Waals surface area contributed by atoms with Crippen molar-refractivity contribution in [3.8, 4) is 11.5 Å². The number of sulfonamides is 2. The molecule has 1 fully saturated rings. The summed E-state index contributed by atoms with van der Waals surface area (Å²) < 4.78 is 70.6. The molecule has 1 saturated heterocycles. The van der Waals surface area contributed by atoms with Gasteiger partial charge in [0.2, 0.25) is 10.0 Å². The van der Waals surface area contributed by atoms with Crippen molar-refractivity contribution in [2.24, 2.45) is 0 Å². The Bertz CT molecular complexity index is 1090. The average molecular weight is 461 g/mol. The Balaban J connectivity index is 1.45. The van der Waals surface area contributed by atoms with Crippen LogP contribution in [0, 0.1) is 0 Å². The molecular weight excluding hydrogens is 440 g/mol. The van der Waals surface area contributed by atoms with Crippen molar-refractivity contribution < 1.29 is 31.0 Å². The maximum Gasteiger partial charge on any atom is 0.252 e. The number of morpholine rings is 1. The van der Waals surface area contributed by atoms with E-state index in [0.717, 1.165) is 11.3 Å². The van der Waals surface area contributed by atoms with Gasteiger partial charge >= 0.3 is 0 Å². The lowest BCUT2D eigenvalue weighted by Gasteiger charge is -2.25. The van der Waals surface area contributed by atoms with E-state index in [1.165, 1.54) is 22.5 Å². The monoisotopic (exact) mass is 460 g/mol. The van der Waals surface area contributed by atoms with Gasteiger partial charge in [-0.3, -0.25) is 0 Å². The number of fused-ring (bicyclic) bond motifs is 1. The summed E-state index contributed by atoms with van der Waals surface area (Å²) in [6, 6.07) is 7.53. The lowest BCUT2D eigenvalue weighted by Crippen LogP contribution is -2.40. The largest absolute Gasteiger partial charge is 0.486 e. The lowest BCUT2D eigenvalue weighted by atomic mass is 10.3. The van der Waals surface area contributed by atoms with E-state index in [1.807, 2.05) is 0 Å². The van der Waals surface area contributed by atoms with Crippen molar-refractivity contribution in [1.82, 2.24) is 9.03 Å². The molecule has 1 aromatic heterocycles. The third kappa shape index (κ3) is 4.42. The number of rotatable bonds is 6. The molecule has 0 radical (unpaired) electrons. The topological polar surface area (TPSA) is 111 Å². The van der Waals surface area contributed by atoms with E-state index >= 15 is 0 Å². The molecule has 1 N–H and O–H groups in total. The fourth-order valence-corrected chi connectivity index (χ4v) is 6.92. The first-order chi connectivity index (χ1) is 13.9. The minimum atomic E-state index is -3.79. The van der Waals surface area contributed by atoms with Crippen molar-refractivity contribution in [2.75, 3.05) is 39.5 Å². The number of thiophene rings is 1. The number of benzene rings is 1. The molecule has 158 valence electrons. The van der Waals surface area contributed by atoms with Crippen LogP contribution in [0.2, 0.25) is 0 Å². The quantitative estimate of drug-likeness (QED) is 0.685. The molecule has 0 spiro atoms. The molecule has 2 aromatic rings. The van der Waals surface area contributed by atoms with Gasteiger partial charge < -0.3 is 14.2 Å². The highest BCUT2D eigenvalue weighted by molar-refractivity contribution is 7.91. The number of nitrogens with zero attached hydrogens (tertiary/aromatic N) is 1. The number of ether oxygens (including phenoxy) is 3. The molecule has 29 heavy (non-hydrogen) atoms. The fourth-order valence-electron chi connectivity index (χ4n) is 2.95. The summed E-state index contributed by atoms with van der Waals surface area (Å²) in [5.41, 5.74) is 0. The van der Waals surface area contributed by atoms with Crippen molar-refractivity contribution in [1.29, 1.82) is 0 Å². The third-order valence-electron chi connectivity index (χ3n) is 4.46. The van der Waals surface area contributed by atoms with Crippen LogP contribution in [0.3, 0.4) is 0 Å². The van der Waals surface area contributed by atoms with Crippen LogP contribution in [0.1, 0.15) is 4.88 Å². The highest BCUT2D eigenvalue weighted by Crippen LogP contribution is 2.32. The maximum atomic E-state index is 12.7. The molecule has 0 bridgehead atoms. The van der Waals surface area contributed by atoms with E-state index in [9.17, 15) is 16.8 Å². The molecule has 0 saturated carbocycles. The van der Waals surface area contributed by atoms with Gasteiger partial charge in [0.1, 0.15) is 17.4 Å². The highest BCUT2D eigenvalue weighted by atomic mass is 32.2. The zero-order valence-corrected chi connectivity index (χ0v) is 17.8. The van der Waals surface area contributed by atoms with Gasteiger partial charge in [0, 0.05) is 30.6 Å². The maximum absolute atomic E-state index is 12.7. The van der Waals surface area contributed by atoms with Crippen LogP contribution >= 0.6 is 11.3 Å². The van der Waals surface area contributed by atoms with Gasteiger partial charge in [-0.2, -0.15) is 4.31 Å². The smallest absolute Gasteiger partial charge is 0.252 e. The van der Waals surface area contributed by atoms with Gasteiger partial charge in [-0.25, -0.2) is 21.6 Å². The molecule has 3 heterocycles. The SMILES string of the molecule is O=S(=O)(NCc1ccc(S(=O)(=O)N2CCOCC2)s1)c1ccc2c(c1)OCCO2. The van der Waals surface area contributed by atoms with E-state index < -0.39 is 20.0 Å². The van der Waals surface area contributed by atoms with E-state index in [1.54, 1.807) is 12.1 Å². The zero-order chi connectivity index (χ0) is 20.5. The van der Waals surface area contributed by atoms with E-state index in [0.29, 0.717) is 55.9 Å². The molecule has 0 atom stereocenters. The Hall–Kier alpha value is -1.70. The number of nitrogens with one attached hydrogen (secondary N) is 1. The molecule has 0 amide bonds. The van der Waals surface area contributed by atoms with Crippen LogP contribution in [-0.4, -0.2) is 60.7 Å². The van der Waals surface area contributed by atoms with Gasteiger partial charge in [-0.15, -0.1) is 11.3 Å². The van der Waals surface area contributed by atoms with Gasteiger partial charge in [0.25, 0.3) is 10.0 Å². The second-order valence-electron chi connectivity index (χ2n) is 6.37. The predicted octanol–water partition coefficient (Wildman–Crippen LogP) is 1.02. The number of hydrogen-bond acceptors (Lipinski definition) is 8. The Labute approximate surface area is 173 Å². The second kappa shape index (κ2) is 8.20. The lowest BCUT2D eigenvalue weighted by molar-refractivity contribution is 0.0731. The molecular formula is C17H20N2O7S3. The Morgan fingerprint density at radius 3 is 2.41 bits per heavy atom. The van der Waals surface area contributed by atoms with Gasteiger partial charge in [0.05, 0.1) is 18.1 Å². The fraction of sp³-hybridized carbons (Fsp3) is 0.412. The molecule has 12 heteroatoms. The first-order valence-electron chi connectivity index (χ1n) is 8.92. The van der Waals surface area contributed by atoms with Gasteiger partial charge in [-0.05, 0) is 24.3 Å². The van der Waals surface area contributed by atoms with E-state index in [2.05, 4.69) is 4.72 Å². The predicted molar refractivity (Wildman–Crippen MR) is 105 cm³/mol. The average Bonchev–Trinajstić information content (AvgIpc) is 3.23. The van der Waals surface area contributed by atoms with Crippen LogP contribution in [-0.2, 0) is 31.3 Å². The molecule has 1 aromatic carbocycles. The summed E-state index contributed by atoms with van der Waals surface area (Å²) in [4.78, 5) is 0.650. The van der Waals surface area contributed by atoms with Crippen molar-refractivity contribution in [3.05, 3.63) is 35.2 Å². The summed E-state index contributed by atoms with van der Waals surface area (Å²) in [7, 11) is -7.39. The van der Waals surface area contributed by atoms with Crippen LogP contribution in [0.15, 0.2) is 39.4 Å². The summed E-state index contributed by atoms with van der Waals surface area (Å²) in [5, 5.41) is 0. The second-order valence-corrected chi connectivity index (χ2v) is 11.5. The summed E-state index contributed by atoms with van der Waals surface area (Å²) in [6.45, 7) is 2.13. The molecule has 0 unspecified atom stereocenters. The Kier molecular flexibility index (Phi) is 5.82. The van der Waals surface area contributed by atoms with Crippen LogP contribution < -0.4 is 14.2 Å². The van der Waals surface area contributed by atoms with Crippen molar-refractivity contribution in [2.45, 2.75) is 15.6 Å². The minimum absolute atomic E-state index is 0.0138. The molecule has 4 rings (SSSR count). The van der Waals surface area contributed by atoms with E-state index in [4.69, 9.17) is 14.2 Å². The molecule has 0 aliphatic carbocycles.